The lowest BCUT2D eigenvalue weighted by molar-refractivity contribution is -0.145. The SMILES string of the molecule is CCN1C(=O)N(COCC=CCOC)C2C1N(COC(C)=O)C(=O)N2COC. The topological polar surface area (TPSA) is 101 Å². The molecule has 11 nitrogen and oxygen atoms in total. The molecule has 2 saturated heterocycles. The van der Waals surface area contributed by atoms with Gasteiger partial charge < -0.3 is 23.8 Å². The first-order valence-electron chi connectivity index (χ1n) is 8.96. The van der Waals surface area contributed by atoms with Crippen molar-refractivity contribution >= 4 is 18.0 Å². The third kappa shape index (κ3) is 4.54. The van der Waals surface area contributed by atoms with E-state index in [0.717, 1.165) is 0 Å². The first-order valence-corrected chi connectivity index (χ1v) is 8.96. The second-order valence-corrected chi connectivity index (χ2v) is 6.20. The number of hydrogen-bond acceptors (Lipinski definition) is 7. The molecule has 0 aromatic carbocycles. The van der Waals surface area contributed by atoms with Gasteiger partial charge >= 0.3 is 18.0 Å². The predicted molar refractivity (Wildman–Crippen MR) is 96.6 cm³/mol. The number of ether oxygens (including phenoxy) is 4. The molecule has 0 aromatic heterocycles. The van der Waals surface area contributed by atoms with Gasteiger partial charge in [0.05, 0.1) is 13.2 Å². The average molecular weight is 400 g/mol. The normalized spacial score (nSPS) is 22.0. The van der Waals surface area contributed by atoms with Crippen LogP contribution in [0.3, 0.4) is 0 Å². The van der Waals surface area contributed by atoms with Gasteiger partial charge in [0.2, 0.25) is 0 Å². The zero-order valence-electron chi connectivity index (χ0n) is 16.7. The number of hydrogen-bond donors (Lipinski definition) is 0. The smallest absolute Gasteiger partial charge is 0.328 e. The van der Waals surface area contributed by atoms with Crippen molar-refractivity contribution < 1.29 is 33.3 Å². The van der Waals surface area contributed by atoms with Crippen molar-refractivity contribution in [2.24, 2.45) is 0 Å². The molecule has 2 aliphatic heterocycles. The highest BCUT2D eigenvalue weighted by atomic mass is 16.5. The summed E-state index contributed by atoms with van der Waals surface area (Å²) in [6, 6.07) is -0.645. The number of rotatable bonds is 11. The zero-order valence-corrected chi connectivity index (χ0v) is 16.7. The third-order valence-electron chi connectivity index (χ3n) is 4.42. The van der Waals surface area contributed by atoms with Gasteiger partial charge in [0.1, 0.15) is 13.5 Å². The van der Waals surface area contributed by atoms with Gasteiger partial charge in [-0.05, 0) is 6.92 Å². The van der Waals surface area contributed by atoms with E-state index in [1.807, 2.05) is 13.0 Å². The fraction of sp³-hybridized carbons (Fsp3) is 0.706. The Labute approximate surface area is 164 Å². The molecule has 2 heterocycles. The summed E-state index contributed by atoms with van der Waals surface area (Å²) in [7, 11) is 3.06. The first-order chi connectivity index (χ1) is 13.5. The minimum absolute atomic E-state index is 0.00270. The van der Waals surface area contributed by atoms with Crippen LogP contribution in [-0.2, 0) is 23.7 Å². The highest BCUT2D eigenvalue weighted by molar-refractivity contribution is 5.85. The molecule has 0 N–H and O–H groups in total. The second-order valence-electron chi connectivity index (χ2n) is 6.20. The summed E-state index contributed by atoms with van der Waals surface area (Å²) in [5.41, 5.74) is 0. The standard InChI is InChI=1S/C17H28N4O7/c1-5-18-14-15(20(16(18)23)11-27-9-7-6-8-25-3)19(10-26-4)17(24)21(14)12-28-13(2)22/h6-7,14-15H,5,8-12H2,1-4H3. The Kier molecular flexibility index (Phi) is 8.03. The van der Waals surface area contributed by atoms with E-state index in [2.05, 4.69) is 0 Å². The lowest BCUT2D eigenvalue weighted by atomic mass is 10.3. The Morgan fingerprint density at radius 2 is 1.46 bits per heavy atom. The molecule has 0 aromatic rings. The number of likely N-dealkylation sites (N-methyl/N-ethyl adjacent to an activating group) is 1. The van der Waals surface area contributed by atoms with E-state index >= 15 is 0 Å². The zero-order chi connectivity index (χ0) is 20.7. The average Bonchev–Trinajstić information content (AvgIpc) is 3.08. The summed E-state index contributed by atoms with van der Waals surface area (Å²) in [5, 5.41) is 0. The molecule has 11 heteroatoms. The van der Waals surface area contributed by atoms with Crippen LogP contribution in [0, 0.1) is 0 Å². The number of esters is 1. The number of fused-ring (bicyclic) bond motifs is 1. The summed E-state index contributed by atoms with van der Waals surface area (Å²) in [4.78, 5) is 42.7. The van der Waals surface area contributed by atoms with Crippen molar-refractivity contribution in [2.45, 2.75) is 26.2 Å². The Morgan fingerprint density at radius 3 is 2.07 bits per heavy atom. The molecule has 2 atom stereocenters. The molecule has 0 aliphatic carbocycles. The largest absolute Gasteiger partial charge is 0.444 e. The van der Waals surface area contributed by atoms with Gasteiger partial charge in [-0.25, -0.2) is 9.59 Å². The van der Waals surface area contributed by atoms with E-state index in [-0.39, 0.29) is 32.3 Å². The van der Waals surface area contributed by atoms with E-state index in [1.165, 1.54) is 28.7 Å². The third-order valence-corrected chi connectivity index (χ3v) is 4.42. The van der Waals surface area contributed by atoms with E-state index in [4.69, 9.17) is 18.9 Å². The Morgan fingerprint density at radius 1 is 0.893 bits per heavy atom. The van der Waals surface area contributed by atoms with Gasteiger partial charge in [0.15, 0.2) is 19.1 Å². The fourth-order valence-electron chi connectivity index (χ4n) is 3.23. The van der Waals surface area contributed by atoms with Crippen molar-refractivity contribution in [3.8, 4) is 0 Å². The molecular weight excluding hydrogens is 372 g/mol. The monoisotopic (exact) mass is 400 g/mol. The van der Waals surface area contributed by atoms with Gasteiger partial charge in [0.25, 0.3) is 0 Å². The molecule has 0 radical (unpaired) electrons. The van der Waals surface area contributed by atoms with Crippen LogP contribution in [0.15, 0.2) is 12.2 Å². The van der Waals surface area contributed by atoms with Crippen LogP contribution in [0.25, 0.3) is 0 Å². The van der Waals surface area contributed by atoms with Crippen LogP contribution < -0.4 is 0 Å². The van der Waals surface area contributed by atoms with Crippen molar-refractivity contribution in [1.82, 2.24) is 19.6 Å². The number of amides is 4. The summed E-state index contributed by atoms with van der Waals surface area (Å²) < 4.78 is 20.7. The molecule has 158 valence electrons. The summed E-state index contributed by atoms with van der Waals surface area (Å²) in [6.07, 6.45) is 2.38. The minimum atomic E-state index is -0.613. The van der Waals surface area contributed by atoms with E-state index < -0.39 is 18.3 Å². The van der Waals surface area contributed by atoms with Gasteiger partial charge in [-0.3, -0.25) is 19.5 Å². The lowest BCUT2D eigenvalue weighted by Crippen LogP contribution is -2.48. The summed E-state index contributed by atoms with van der Waals surface area (Å²) in [6.45, 7) is 3.99. The van der Waals surface area contributed by atoms with Gasteiger partial charge in [-0.2, -0.15) is 0 Å². The molecule has 2 aliphatic rings. The molecule has 2 fully saturated rings. The molecule has 0 spiro atoms. The van der Waals surface area contributed by atoms with Crippen LogP contribution in [0.5, 0.6) is 0 Å². The highest BCUT2D eigenvalue weighted by Gasteiger charge is 2.59. The maximum atomic E-state index is 12.9. The molecule has 28 heavy (non-hydrogen) atoms. The van der Waals surface area contributed by atoms with Crippen LogP contribution in [0.2, 0.25) is 0 Å². The minimum Gasteiger partial charge on any atom is -0.444 e. The predicted octanol–water partition coefficient (Wildman–Crippen LogP) is 0.435. The van der Waals surface area contributed by atoms with Gasteiger partial charge in [-0.15, -0.1) is 0 Å². The van der Waals surface area contributed by atoms with Crippen LogP contribution in [-0.4, -0.2) is 104 Å². The summed E-state index contributed by atoms with van der Waals surface area (Å²) >= 11 is 0. The van der Waals surface area contributed by atoms with Crippen LogP contribution >= 0.6 is 0 Å². The van der Waals surface area contributed by atoms with Crippen molar-refractivity contribution in [3.05, 3.63) is 12.2 Å². The Balaban J connectivity index is 2.17. The second kappa shape index (κ2) is 10.2. The van der Waals surface area contributed by atoms with Crippen molar-refractivity contribution in [3.63, 3.8) is 0 Å². The van der Waals surface area contributed by atoms with E-state index in [1.54, 1.807) is 18.1 Å². The first kappa shape index (κ1) is 21.9. The molecular formula is C17H28N4O7. The fourth-order valence-corrected chi connectivity index (χ4v) is 3.23. The molecule has 0 saturated carbocycles. The number of carbonyl (C=O) groups excluding carboxylic acids is 3. The maximum absolute atomic E-state index is 12.9. The van der Waals surface area contributed by atoms with Gasteiger partial charge in [-0.1, -0.05) is 12.2 Å². The van der Waals surface area contributed by atoms with Gasteiger partial charge in [0, 0.05) is 27.7 Å². The molecule has 0 bridgehead atoms. The van der Waals surface area contributed by atoms with Crippen LogP contribution in [0.1, 0.15) is 13.8 Å². The number of nitrogens with zero attached hydrogens (tertiary/aromatic N) is 4. The molecule has 2 rings (SSSR count). The number of urea groups is 2. The Bertz CT molecular complexity index is 600. The summed E-state index contributed by atoms with van der Waals surface area (Å²) in [5.74, 6) is -0.509. The number of carbonyl (C=O) groups is 3. The van der Waals surface area contributed by atoms with Crippen molar-refractivity contribution in [2.75, 3.05) is 54.2 Å². The Hall–Kier alpha value is -2.37. The van der Waals surface area contributed by atoms with E-state index in [0.29, 0.717) is 19.8 Å². The molecule has 2 unspecified atom stereocenters. The van der Waals surface area contributed by atoms with E-state index in [9.17, 15) is 14.4 Å². The lowest BCUT2D eigenvalue weighted by Gasteiger charge is -2.28. The quantitative estimate of drug-likeness (QED) is 0.282. The number of methoxy groups -OCH3 is 2. The maximum Gasteiger partial charge on any atom is 0.328 e. The molecule has 4 amide bonds. The highest BCUT2D eigenvalue weighted by Crippen LogP contribution is 2.34. The van der Waals surface area contributed by atoms with Crippen LogP contribution in [0.4, 0.5) is 9.59 Å². The van der Waals surface area contributed by atoms with Crippen molar-refractivity contribution in [1.29, 1.82) is 0 Å².